The van der Waals surface area contributed by atoms with E-state index in [0.29, 0.717) is 6.42 Å². The van der Waals surface area contributed by atoms with Crippen molar-refractivity contribution in [2.24, 2.45) is 7.05 Å². The van der Waals surface area contributed by atoms with Gasteiger partial charge in [0.1, 0.15) is 5.82 Å². The lowest BCUT2D eigenvalue weighted by molar-refractivity contribution is -0.116. The fourth-order valence-corrected chi connectivity index (χ4v) is 2.65. The van der Waals surface area contributed by atoms with E-state index in [1.54, 1.807) is 4.68 Å². The quantitative estimate of drug-likeness (QED) is 0.862. The maximum Gasteiger partial charge on any atom is 0.226 e. The number of aromatic nitrogens is 4. The third-order valence-electron chi connectivity index (χ3n) is 3.58. The third kappa shape index (κ3) is 2.01. The number of nitrogens with one attached hydrogen (secondary N) is 1. The number of nitrogens with zero attached hydrogens (tertiary/aromatic N) is 4. The number of carbonyl (C=O) groups excluding carboxylic acids is 1. The first-order chi connectivity index (χ1) is 9.36. The number of carbonyl (C=O) groups is 1. The Kier molecular flexibility index (Phi) is 2.70. The molecule has 0 spiro atoms. The number of aryl methyl sites for hydroxylation is 1. The number of amides is 1. The van der Waals surface area contributed by atoms with Crippen molar-refractivity contribution < 1.29 is 4.79 Å². The van der Waals surface area contributed by atoms with Crippen LogP contribution in [0.25, 0.3) is 0 Å². The van der Waals surface area contributed by atoms with E-state index in [1.807, 2.05) is 30.3 Å². The molecule has 0 aliphatic carbocycles. The van der Waals surface area contributed by atoms with Crippen LogP contribution in [0.15, 0.2) is 18.6 Å². The van der Waals surface area contributed by atoms with Crippen LogP contribution in [0, 0.1) is 0 Å². The highest BCUT2D eigenvalue weighted by Gasteiger charge is 2.33. The Hall–Kier alpha value is -2.11. The van der Waals surface area contributed by atoms with E-state index in [-0.39, 0.29) is 17.4 Å². The first-order valence-corrected chi connectivity index (χ1v) is 6.73. The van der Waals surface area contributed by atoms with Gasteiger partial charge in [-0.25, -0.2) is 4.68 Å². The molecule has 1 aliphatic heterocycles. The van der Waals surface area contributed by atoms with Gasteiger partial charge in [-0.15, -0.1) is 0 Å². The summed E-state index contributed by atoms with van der Waals surface area (Å²) in [7, 11) is 1.88. The van der Waals surface area contributed by atoms with E-state index in [0.717, 1.165) is 16.9 Å². The second-order valence-electron chi connectivity index (χ2n) is 6.28. The Morgan fingerprint density at radius 3 is 2.65 bits per heavy atom. The van der Waals surface area contributed by atoms with Gasteiger partial charge in [0.2, 0.25) is 5.91 Å². The molecule has 106 valence electrons. The molecule has 6 nitrogen and oxygen atoms in total. The fourth-order valence-electron chi connectivity index (χ4n) is 2.65. The van der Waals surface area contributed by atoms with Gasteiger partial charge in [0.05, 0.1) is 17.9 Å². The minimum absolute atomic E-state index is 0.0253. The van der Waals surface area contributed by atoms with Crippen molar-refractivity contribution in [1.29, 1.82) is 0 Å². The first kappa shape index (κ1) is 12.9. The average molecular weight is 273 g/mol. The van der Waals surface area contributed by atoms with Gasteiger partial charge < -0.3 is 5.32 Å². The van der Waals surface area contributed by atoms with Crippen LogP contribution >= 0.6 is 0 Å². The van der Waals surface area contributed by atoms with Crippen LogP contribution in [0.5, 0.6) is 0 Å². The topological polar surface area (TPSA) is 64.7 Å². The fraction of sp³-hybridized carbons (Fsp3) is 0.500. The summed E-state index contributed by atoms with van der Waals surface area (Å²) in [6.45, 7) is 6.21. The standard InChI is InChI=1S/C14H19N5O/c1-14(2,3)19-13-11(7-16-19)10(5-12(20)17-13)9-6-15-18(4)8-9/h6-8,10H,5H2,1-4H3,(H,17,20)/t10-/m1/s1. The van der Waals surface area contributed by atoms with Gasteiger partial charge in [-0.1, -0.05) is 0 Å². The third-order valence-corrected chi connectivity index (χ3v) is 3.58. The lowest BCUT2D eigenvalue weighted by Gasteiger charge is -2.27. The summed E-state index contributed by atoms with van der Waals surface area (Å²) in [5.74, 6) is 0.864. The highest BCUT2D eigenvalue weighted by atomic mass is 16.1. The van der Waals surface area contributed by atoms with Gasteiger partial charge in [0.15, 0.2) is 0 Å². The molecule has 0 aromatic carbocycles. The number of anilines is 1. The monoisotopic (exact) mass is 273 g/mol. The van der Waals surface area contributed by atoms with Crippen LogP contribution in [0.3, 0.4) is 0 Å². The lowest BCUT2D eigenvalue weighted by atomic mass is 9.89. The molecule has 0 bridgehead atoms. The molecule has 0 radical (unpaired) electrons. The van der Waals surface area contributed by atoms with Crippen LogP contribution in [0.1, 0.15) is 44.2 Å². The summed E-state index contributed by atoms with van der Waals surface area (Å²) in [6, 6.07) is 0. The van der Waals surface area contributed by atoms with Gasteiger partial charge in [-0.3, -0.25) is 9.48 Å². The van der Waals surface area contributed by atoms with E-state index < -0.39 is 0 Å². The van der Waals surface area contributed by atoms with Crippen molar-refractivity contribution in [1.82, 2.24) is 19.6 Å². The first-order valence-electron chi connectivity index (χ1n) is 6.73. The summed E-state index contributed by atoms with van der Waals surface area (Å²) < 4.78 is 3.64. The van der Waals surface area contributed by atoms with Crippen molar-refractivity contribution in [2.45, 2.75) is 38.6 Å². The molecule has 2 aromatic rings. The van der Waals surface area contributed by atoms with Crippen molar-refractivity contribution in [3.63, 3.8) is 0 Å². The molecule has 3 rings (SSSR count). The Labute approximate surface area is 117 Å². The molecular formula is C14H19N5O. The van der Waals surface area contributed by atoms with E-state index in [2.05, 4.69) is 36.3 Å². The number of rotatable bonds is 1. The van der Waals surface area contributed by atoms with Crippen molar-refractivity contribution in [2.75, 3.05) is 5.32 Å². The maximum atomic E-state index is 12.0. The Morgan fingerprint density at radius 2 is 2.05 bits per heavy atom. The van der Waals surface area contributed by atoms with Gasteiger partial charge in [-0.05, 0) is 26.3 Å². The summed E-state index contributed by atoms with van der Waals surface area (Å²) >= 11 is 0. The second-order valence-corrected chi connectivity index (χ2v) is 6.28. The van der Waals surface area contributed by atoms with E-state index >= 15 is 0 Å². The Balaban J connectivity index is 2.10. The zero-order chi connectivity index (χ0) is 14.5. The summed E-state index contributed by atoms with van der Waals surface area (Å²) in [4.78, 5) is 12.0. The SMILES string of the molecule is Cn1cc([C@H]2CC(=O)Nc3c2cnn3C(C)(C)C)cn1. The van der Waals surface area contributed by atoms with Crippen LogP contribution in [0.4, 0.5) is 5.82 Å². The van der Waals surface area contributed by atoms with Gasteiger partial charge >= 0.3 is 0 Å². The van der Waals surface area contributed by atoms with Gasteiger partial charge in [0.25, 0.3) is 0 Å². The van der Waals surface area contributed by atoms with Crippen LogP contribution in [-0.2, 0) is 17.4 Å². The molecule has 2 aromatic heterocycles. The minimum Gasteiger partial charge on any atom is -0.311 e. The van der Waals surface area contributed by atoms with Crippen LogP contribution < -0.4 is 5.32 Å². The largest absolute Gasteiger partial charge is 0.311 e. The van der Waals surface area contributed by atoms with Crippen LogP contribution in [-0.4, -0.2) is 25.5 Å². The molecule has 1 amide bonds. The normalized spacial score (nSPS) is 18.8. The average Bonchev–Trinajstić information content (AvgIpc) is 2.93. The molecule has 6 heteroatoms. The maximum absolute atomic E-state index is 12.0. The Bertz CT molecular complexity index is 661. The predicted octanol–water partition coefficient (Wildman–Crippen LogP) is 1.85. The molecule has 1 aliphatic rings. The highest BCUT2D eigenvalue weighted by molar-refractivity contribution is 5.94. The van der Waals surface area contributed by atoms with Gasteiger partial charge in [0, 0.05) is 31.1 Å². The van der Waals surface area contributed by atoms with Crippen LogP contribution in [0.2, 0.25) is 0 Å². The highest BCUT2D eigenvalue weighted by Crippen LogP contribution is 2.38. The molecule has 0 saturated heterocycles. The summed E-state index contributed by atoms with van der Waals surface area (Å²) in [6.07, 6.45) is 6.08. The molecule has 20 heavy (non-hydrogen) atoms. The zero-order valence-electron chi connectivity index (χ0n) is 12.2. The lowest BCUT2D eigenvalue weighted by Crippen LogP contribution is -2.30. The smallest absolute Gasteiger partial charge is 0.226 e. The zero-order valence-corrected chi connectivity index (χ0v) is 12.2. The number of fused-ring (bicyclic) bond motifs is 1. The predicted molar refractivity (Wildman–Crippen MR) is 75.5 cm³/mol. The van der Waals surface area contributed by atoms with Crippen molar-refractivity contribution >= 4 is 11.7 Å². The summed E-state index contributed by atoms with van der Waals surface area (Å²) in [5.41, 5.74) is 1.95. The molecular weight excluding hydrogens is 254 g/mol. The molecule has 0 fully saturated rings. The van der Waals surface area contributed by atoms with Crippen molar-refractivity contribution in [3.8, 4) is 0 Å². The Morgan fingerprint density at radius 1 is 1.30 bits per heavy atom. The molecule has 1 N–H and O–H groups in total. The molecule has 0 unspecified atom stereocenters. The second kappa shape index (κ2) is 4.19. The molecule has 0 saturated carbocycles. The van der Waals surface area contributed by atoms with Gasteiger partial charge in [-0.2, -0.15) is 10.2 Å². The van der Waals surface area contributed by atoms with Crippen molar-refractivity contribution in [3.05, 3.63) is 29.7 Å². The number of hydrogen-bond donors (Lipinski definition) is 1. The molecule has 3 heterocycles. The van der Waals surface area contributed by atoms with E-state index in [1.165, 1.54) is 0 Å². The molecule has 1 atom stereocenters. The minimum atomic E-state index is -0.169. The number of hydrogen-bond acceptors (Lipinski definition) is 3. The summed E-state index contributed by atoms with van der Waals surface area (Å²) in [5, 5.41) is 11.6. The van der Waals surface area contributed by atoms with E-state index in [9.17, 15) is 4.79 Å². The van der Waals surface area contributed by atoms with E-state index in [4.69, 9.17) is 0 Å².